The highest BCUT2D eigenvalue weighted by Crippen LogP contribution is 2.33. The summed E-state index contributed by atoms with van der Waals surface area (Å²) in [6, 6.07) is 0. The molecule has 0 saturated carbocycles. The second-order valence-corrected chi connectivity index (χ2v) is 3.77. The standard InChI is InChI=1S/C11H18O/c1-4-8(2)10-5-6-11(7-10)9(3)12/h5-6,8,10-12H,3-4,7H2,1-2H3. The van der Waals surface area contributed by atoms with E-state index in [1.54, 1.807) is 0 Å². The predicted molar refractivity (Wildman–Crippen MR) is 52.0 cm³/mol. The largest absolute Gasteiger partial charge is 0.512 e. The summed E-state index contributed by atoms with van der Waals surface area (Å²) in [7, 11) is 0. The number of allylic oxidation sites excluding steroid dienone is 2. The van der Waals surface area contributed by atoms with E-state index in [4.69, 9.17) is 0 Å². The zero-order chi connectivity index (χ0) is 9.14. The summed E-state index contributed by atoms with van der Waals surface area (Å²) < 4.78 is 0. The Morgan fingerprint density at radius 1 is 1.67 bits per heavy atom. The zero-order valence-electron chi connectivity index (χ0n) is 7.96. The molecule has 0 aromatic rings. The van der Waals surface area contributed by atoms with E-state index in [1.807, 2.05) is 0 Å². The lowest BCUT2D eigenvalue weighted by Gasteiger charge is -2.16. The van der Waals surface area contributed by atoms with Crippen LogP contribution in [0.3, 0.4) is 0 Å². The van der Waals surface area contributed by atoms with Crippen LogP contribution in [0.5, 0.6) is 0 Å². The van der Waals surface area contributed by atoms with Crippen LogP contribution in [0.1, 0.15) is 26.7 Å². The van der Waals surface area contributed by atoms with Gasteiger partial charge in [-0.05, 0) is 18.3 Å². The van der Waals surface area contributed by atoms with Crippen LogP contribution in [0.25, 0.3) is 0 Å². The van der Waals surface area contributed by atoms with Gasteiger partial charge in [0.05, 0.1) is 5.76 Å². The van der Waals surface area contributed by atoms with E-state index in [-0.39, 0.29) is 5.92 Å². The molecule has 1 aliphatic carbocycles. The molecule has 1 heteroatoms. The fraction of sp³-hybridized carbons (Fsp3) is 0.636. The molecule has 1 N–H and O–H groups in total. The maximum Gasteiger partial charge on any atom is 0.0919 e. The maximum atomic E-state index is 9.18. The maximum absolute atomic E-state index is 9.18. The Kier molecular flexibility index (Phi) is 2.96. The second-order valence-electron chi connectivity index (χ2n) is 3.77. The molecular weight excluding hydrogens is 148 g/mol. The summed E-state index contributed by atoms with van der Waals surface area (Å²) in [5.41, 5.74) is 0. The molecule has 0 heterocycles. The van der Waals surface area contributed by atoms with Crippen LogP contribution in [0, 0.1) is 17.8 Å². The molecule has 0 bridgehead atoms. The van der Waals surface area contributed by atoms with Crippen LogP contribution in [0.4, 0.5) is 0 Å². The Balaban J connectivity index is 2.47. The van der Waals surface area contributed by atoms with Gasteiger partial charge in [0.1, 0.15) is 0 Å². The fourth-order valence-corrected chi connectivity index (χ4v) is 1.70. The predicted octanol–water partition coefficient (Wildman–Crippen LogP) is 3.30. The fourth-order valence-electron chi connectivity index (χ4n) is 1.70. The average Bonchev–Trinajstić information content (AvgIpc) is 2.51. The van der Waals surface area contributed by atoms with Crippen molar-refractivity contribution in [3.05, 3.63) is 24.5 Å². The minimum absolute atomic E-state index is 0.212. The van der Waals surface area contributed by atoms with Gasteiger partial charge in [-0.1, -0.05) is 39.0 Å². The lowest BCUT2D eigenvalue weighted by atomic mass is 9.89. The summed E-state index contributed by atoms with van der Waals surface area (Å²) in [6.45, 7) is 8.03. The first-order chi connectivity index (χ1) is 5.65. The lowest BCUT2D eigenvalue weighted by Crippen LogP contribution is -2.08. The highest BCUT2D eigenvalue weighted by molar-refractivity contribution is 5.11. The Labute approximate surface area is 74.8 Å². The van der Waals surface area contributed by atoms with E-state index >= 15 is 0 Å². The summed E-state index contributed by atoms with van der Waals surface area (Å²) in [5, 5.41) is 9.18. The van der Waals surface area contributed by atoms with Crippen LogP contribution in [-0.2, 0) is 0 Å². The van der Waals surface area contributed by atoms with Crippen molar-refractivity contribution in [3.8, 4) is 0 Å². The van der Waals surface area contributed by atoms with Gasteiger partial charge in [0, 0.05) is 5.92 Å². The highest BCUT2D eigenvalue weighted by Gasteiger charge is 2.23. The van der Waals surface area contributed by atoms with Crippen molar-refractivity contribution < 1.29 is 5.11 Å². The van der Waals surface area contributed by atoms with Crippen LogP contribution < -0.4 is 0 Å². The first kappa shape index (κ1) is 9.37. The summed E-state index contributed by atoms with van der Waals surface area (Å²) >= 11 is 0. The van der Waals surface area contributed by atoms with Gasteiger partial charge in [0.2, 0.25) is 0 Å². The first-order valence-corrected chi connectivity index (χ1v) is 4.71. The molecule has 0 spiro atoms. The molecule has 1 nitrogen and oxygen atoms in total. The third kappa shape index (κ3) is 1.90. The van der Waals surface area contributed by atoms with Crippen LogP contribution in [-0.4, -0.2) is 5.11 Å². The highest BCUT2D eigenvalue weighted by atomic mass is 16.3. The number of aliphatic hydroxyl groups is 1. The Morgan fingerprint density at radius 2 is 2.33 bits per heavy atom. The van der Waals surface area contributed by atoms with Crippen LogP contribution in [0.15, 0.2) is 24.5 Å². The number of hydrogen-bond donors (Lipinski definition) is 1. The molecule has 3 atom stereocenters. The molecule has 68 valence electrons. The van der Waals surface area contributed by atoms with E-state index < -0.39 is 0 Å². The topological polar surface area (TPSA) is 20.2 Å². The van der Waals surface area contributed by atoms with Gasteiger partial charge in [-0.2, -0.15) is 0 Å². The third-order valence-electron chi connectivity index (χ3n) is 2.92. The number of hydrogen-bond acceptors (Lipinski definition) is 1. The molecule has 1 aliphatic rings. The van der Waals surface area contributed by atoms with E-state index in [2.05, 4.69) is 32.6 Å². The average molecular weight is 166 g/mol. The molecule has 12 heavy (non-hydrogen) atoms. The van der Waals surface area contributed by atoms with Crippen molar-refractivity contribution >= 4 is 0 Å². The Hall–Kier alpha value is -0.720. The van der Waals surface area contributed by atoms with E-state index in [0.717, 1.165) is 12.3 Å². The molecule has 0 amide bonds. The van der Waals surface area contributed by atoms with E-state index in [0.29, 0.717) is 11.7 Å². The van der Waals surface area contributed by atoms with Gasteiger partial charge in [0.25, 0.3) is 0 Å². The minimum Gasteiger partial charge on any atom is -0.512 e. The lowest BCUT2D eigenvalue weighted by molar-refractivity contribution is 0.321. The summed E-state index contributed by atoms with van der Waals surface area (Å²) in [6.07, 6.45) is 6.56. The van der Waals surface area contributed by atoms with Crippen molar-refractivity contribution in [1.29, 1.82) is 0 Å². The monoisotopic (exact) mass is 166 g/mol. The van der Waals surface area contributed by atoms with Crippen molar-refractivity contribution in [3.63, 3.8) is 0 Å². The molecular formula is C11H18O. The van der Waals surface area contributed by atoms with Crippen LogP contribution >= 0.6 is 0 Å². The van der Waals surface area contributed by atoms with Gasteiger partial charge >= 0.3 is 0 Å². The third-order valence-corrected chi connectivity index (χ3v) is 2.92. The van der Waals surface area contributed by atoms with E-state index in [1.165, 1.54) is 6.42 Å². The molecule has 0 aromatic carbocycles. The molecule has 0 fully saturated rings. The Morgan fingerprint density at radius 3 is 2.75 bits per heavy atom. The molecule has 0 radical (unpaired) electrons. The van der Waals surface area contributed by atoms with Gasteiger partial charge in [-0.25, -0.2) is 0 Å². The van der Waals surface area contributed by atoms with Crippen molar-refractivity contribution in [2.24, 2.45) is 17.8 Å². The smallest absolute Gasteiger partial charge is 0.0919 e. The quantitative estimate of drug-likeness (QED) is 0.504. The van der Waals surface area contributed by atoms with Gasteiger partial charge in [-0.3, -0.25) is 0 Å². The molecule has 1 rings (SSSR count). The zero-order valence-corrected chi connectivity index (χ0v) is 7.96. The number of rotatable bonds is 3. The SMILES string of the molecule is C=C(O)C1C=CC(C(C)CC)C1. The van der Waals surface area contributed by atoms with Crippen molar-refractivity contribution in [2.75, 3.05) is 0 Å². The van der Waals surface area contributed by atoms with Gasteiger partial charge < -0.3 is 5.11 Å². The number of aliphatic hydroxyl groups excluding tert-OH is 1. The van der Waals surface area contributed by atoms with Crippen molar-refractivity contribution in [1.82, 2.24) is 0 Å². The van der Waals surface area contributed by atoms with Crippen LogP contribution in [0.2, 0.25) is 0 Å². The normalized spacial score (nSPS) is 30.5. The molecule has 0 saturated heterocycles. The summed E-state index contributed by atoms with van der Waals surface area (Å²) in [5.74, 6) is 1.90. The van der Waals surface area contributed by atoms with E-state index in [9.17, 15) is 5.11 Å². The van der Waals surface area contributed by atoms with Gasteiger partial charge in [-0.15, -0.1) is 0 Å². The molecule has 0 aliphatic heterocycles. The minimum atomic E-state index is 0.212. The Bertz CT molecular complexity index is 193. The van der Waals surface area contributed by atoms with Gasteiger partial charge in [0.15, 0.2) is 0 Å². The summed E-state index contributed by atoms with van der Waals surface area (Å²) in [4.78, 5) is 0. The van der Waals surface area contributed by atoms with Crippen molar-refractivity contribution in [2.45, 2.75) is 26.7 Å². The molecule has 0 aromatic heterocycles. The second kappa shape index (κ2) is 3.79. The molecule has 3 unspecified atom stereocenters. The first-order valence-electron chi connectivity index (χ1n) is 4.71.